The van der Waals surface area contributed by atoms with Crippen LogP contribution in [0.3, 0.4) is 0 Å². The number of hydrogen-bond acceptors (Lipinski definition) is 1. The minimum absolute atomic E-state index is 0.139. The fourth-order valence-corrected chi connectivity index (χ4v) is 1.85. The van der Waals surface area contributed by atoms with Crippen molar-refractivity contribution < 1.29 is 9.18 Å². The predicted octanol–water partition coefficient (Wildman–Crippen LogP) is 3.13. The van der Waals surface area contributed by atoms with E-state index in [0.717, 1.165) is 0 Å². The molecule has 1 N–H and O–H groups in total. The van der Waals surface area contributed by atoms with Gasteiger partial charge in [-0.3, -0.25) is 0 Å². The van der Waals surface area contributed by atoms with Crippen molar-refractivity contribution in [1.82, 2.24) is 5.32 Å². The van der Waals surface area contributed by atoms with Gasteiger partial charge in [0.1, 0.15) is 0 Å². The summed E-state index contributed by atoms with van der Waals surface area (Å²) in [5.41, 5.74) is -0.278. The number of carbonyl (C=O) groups is 1. The first kappa shape index (κ1) is 12.4. The van der Waals surface area contributed by atoms with Crippen molar-refractivity contribution in [2.45, 2.75) is 47.6 Å². The van der Waals surface area contributed by atoms with E-state index in [-0.39, 0.29) is 16.9 Å². The number of nitrogens with one attached hydrogen (secondary N) is 1. The molecule has 0 fully saturated rings. The van der Waals surface area contributed by atoms with Gasteiger partial charge >= 0.3 is 6.16 Å². The zero-order valence-corrected chi connectivity index (χ0v) is 9.36. The second-order valence-electron chi connectivity index (χ2n) is 5.58. The van der Waals surface area contributed by atoms with Crippen LogP contribution in [0.4, 0.5) is 9.18 Å². The minimum Gasteiger partial charge on any atom is -0.324 e. The van der Waals surface area contributed by atoms with Gasteiger partial charge in [-0.15, -0.1) is 4.39 Å². The topological polar surface area (TPSA) is 29.1 Å². The number of rotatable bonds is 1. The van der Waals surface area contributed by atoms with Crippen LogP contribution in [0.1, 0.15) is 41.5 Å². The molecule has 0 saturated heterocycles. The number of carbonyl (C=O) groups excluding carboxylic acids is 1. The van der Waals surface area contributed by atoms with Crippen molar-refractivity contribution in [2.24, 2.45) is 10.8 Å². The Hall–Kier alpha value is -0.600. The molecule has 0 atom stereocenters. The van der Waals surface area contributed by atoms with E-state index in [0.29, 0.717) is 0 Å². The molecule has 0 unspecified atom stereocenters. The molecule has 1 amide bonds. The summed E-state index contributed by atoms with van der Waals surface area (Å²) < 4.78 is 12.3. The van der Waals surface area contributed by atoms with Gasteiger partial charge in [-0.1, -0.05) is 41.5 Å². The average Bonchev–Trinajstić information content (AvgIpc) is 1.77. The van der Waals surface area contributed by atoms with Crippen LogP contribution in [0.25, 0.3) is 0 Å². The van der Waals surface area contributed by atoms with E-state index < -0.39 is 6.16 Å². The maximum atomic E-state index is 12.3. The molecule has 78 valence electrons. The highest BCUT2D eigenvalue weighted by Gasteiger charge is 2.35. The maximum Gasteiger partial charge on any atom is 0.397 e. The summed E-state index contributed by atoms with van der Waals surface area (Å²) >= 11 is 0. The highest BCUT2D eigenvalue weighted by atomic mass is 19.1. The highest BCUT2D eigenvalue weighted by Crippen LogP contribution is 2.33. The lowest BCUT2D eigenvalue weighted by molar-refractivity contribution is 0.135. The van der Waals surface area contributed by atoms with E-state index in [9.17, 15) is 9.18 Å². The molecule has 0 bridgehead atoms. The summed E-state index contributed by atoms with van der Waals surface area (Å²) in [6, 6.07) is -0.169. The first-order chi connectivity index (χ1) is 5.55. The summed E-state index contributed by atoms with van der Waals surface area (Å²) in [7, 11) is 0. The highest BCUT2D eigenvalue weighted by molar-refractivity contribution is 5.66. The van der Waals surface area contributed by atoms with E-state index in [2.05, 4.69) is 5.32 Å². The molecule has 3 heteroatoms. The summed E-state index contributed by atoms with van der Waals surface area (Å²) in [5.74, 6) is 0. The lowest BCUT2D eigenvalue weighted by atomic mass is 9.72. The van der Waals surface area contributed by atoms with Gasteiger partial charge in [0.2, 0.25) is 0 Å². The van der Waals surface area contributed by atoms with Crippen LogP contribution in [-0.2, 0) is 0 Å². The molecular weight excluding hydrogens is 169 g/mol. The molecule has 0 radical (unpaired) electrons. The number of amides is 1. The molecule has 0 spiro atoms. The standard InChI is InChI=1S/C10H20FNO/c1-9(2,3)7(10(4,5)6)12-8(11)13/h7H,1-6H3,(H,12,13). The molecule has 0 heterocycles. The van der Waals surface area contributed by atoms with Gasteiger partial charge < -0.3 is 5.32 Å². The second-order valence-corrected chi connectivity index (χ2v) is 5.58. The Morgan fingerprint density at radius 3 is 1.46 bits per heavy atom. The zero-order chi connectivity index (χ0) is 10.9. The van der Waals surface area contributed by atoms with Gasteiger partial charge in [0.25, 0.3) is 0 Å². The Morgan fingerprint density at radius 1 is 1.08 bits per heavy atom. The van der Waals surface area contributed by atoms with Crippen molar-refractivity contribution in [1.29, 1.82) is 0 Å². The fraction of sp³-hybridized carbons (Fsp3) is 0.900. The third kappa shape index (κ3) is 4.25. The van der Waals surface area contributed by atoms with E-state index in [1.165, 1.54) is 0 Å². The molecule has 0 aromatic rings. The van der Waals surface area contributed by atoms with Crippen LogP contribution in [0.2, 0.25) is 0 Å². The van der Waals surface area contributed by atoms with Crippen LogP contribution >= 0.6 is 0 Å². The smallest absolute Gasteiger partial charge is 0.324 e. The summed E-state index contributed by atoms with van der Waals surface area (Å²) in [4.78, 5) is 10.4. The van der Waals surface area contributed by atoms with Crippen molar-refractivity contribution in [3.05, 3.63) is 0 Å². The first-order valence-corrected chi connectivity index (χ1v) is 4.51. The van der Waals surface area contributed by atoms with Crippen molar-refractivity contribution in [2.75, 3.05) is 0 Å². The predicted molar refractivity (Wildman–Crippen MR) is 52.3 cm³/mol. The van der Waals surface area contributed by atoms with E-state index in [4.69, 9.17) is 0 Å². The Kier molecular flexibility index (Phi) is 3.47. The molecule has 0 aliphatic rings. The third-order valence-corrected chi connectivity index (χ3v) is 1.99. The van der Waals surface area contributed by atoms with Crippen LogP contribution in [0, 0.1) is 10.8 Å². The van der Waals surface area contributed by atoms with Gasteiger partial charge in [-0.05, 0) is 10.8 Å². The quantitative estimate of drug-likeness (QED) is 0.498. The third-order valence-electron chi connectivity index (χ3n) is 1.99. The van der Waals surface area contributed by atoms with E-state index in [1.54, 1.807) is 0 Å². The van der Waals surface area contributed by atoms with Crippen LogP contribution in [0.5, 0.6) is 0 Å². The van der Waals surface area contributed by atoms with Crippen LogP contribution < -0.4 is 5.32 Å². The molecule has 0 aliphatic carbocycles. The fourth-order valence-electron chi connectivity index (χ4n) is 1.85. The monoisotopic (exact) mass is 189 g/mol. The number of halogens is 1. The molecule has 13 heavy (non-hydrogen) atoms. The second kappa shape index (κ2) is 3.64. The van der Waals surface area contributed by atoms with Gasteiger partial charge in [-0.25, -0.2) is 4.79 Å². The maximum absolute atomic E-state index is 12.3. The number of hydrogen-bond donors (Lipinski definition) is 1. The minimum atomic E-state index is -1.45. The SMILES string of the molecule is CC(C)(C)C(NC(=O)F)C(C)(C)C. The van der Waals surface area contributed by atoms with Crippen molar-refractivity contribution in [3.8, 4) is 0 Å². The van der Waals surface area contributed by atoms with Gasteiger partial charge in [0.05, 0.1) is 0 Å². The summed E-state index contributed by atoms with van der Waals surface area (Å²) in [6.07, 6.45) is -1.45. The van der Waals surface area contributed by atoms with Crippen molar-refractivity contribution >= 4 is 6.16 Å². The Morgan fingerprint density at radius 2 is 1.38 bits per heavy atom. The molecule has 2 nitrogen and oxygen atoms in total. The normalized spacial score (nSPS) is 13.2. The average molecular weight is 189 g/mol. The van der Waals surface area contributed by atoms with Crippen molar-refractivity contribution in [3.63, 3.8) is 0 Å². The van der Waals surface area contributed by atoms with Crippen LogP contribution in [-0.4, -0.2) is 12.2 Å². The van der Waals surface area contributed by atoms with Gasteiger partial charge in [0.15, 0.2) is 0 Å². The molecular formula is C10H20FNO. The van der Waals surface area contributed by atoms with E-state index in [1.807, 2.05) is 41.5 Å². The summed E-state index contributed by atoms with van der Waals surface area (Å²) in [6.45, 7) is 11.9. The molecule has 0 rings (SSSR count). The van der Waals surface area contributed by atoms with Crippen LogP contribution in [0.15, 0.2) is 0 Å². The molecule has 0 aromatic heterocycles. The Balaban J connectivity index is 4.68. The lowest BCUT2D eigenvalue weighted by Gasteiger charge is -2.40. The lowest BCUT2D eigenvalue weighted by Crippen LogP contribution is -2.50. The van der Waals surface area contributed by atoms with E-state index >= 15 is 0 Å². The zero-order valence-electron chi connectivity index (χ0n) is 9.36. The molecule has 0 aliphatic heterocycles. The molecule has 0 saturated carbocycles. The Bertz CT molecular complexity index is 174. The molecule has 0 aromatic carbocycles. The Labute approximate surface area is 79.9 Å². The largest absolute Gasteiger partial charge is 0.397 e. The first-order valence-electron chi connectivity index (χ1n) is 4.51. The van der Waals surface area contributed by atoms with Gasteiger partial charge in [0, 0.05) is 6.04 Å². The summed E-state index contributed by atoms with van der Waals surface area (Å²) in [5, 5.41) is 2.35. The van der Waals surface area contributed by atoms with Gasteiger partial charge in [-0.2, -0.15) is 0 Å².